The van der Waals surface area contributed by atoms with Crippen molar-refractivity contribution in [2.75, 3.05) is 10.6 Å². The first kappa shape index (κ1) is 17.7. The summed E-state index contributed by atoms with van der Waals surface area (Å²) in [5, 5.41) is 7.63. The van der Waals surface area contributed by atoms with Crippen molar-refractivity contribution in [3.8, 4) is 0 Å². The molecule has 5 nitrogen and oxygen atoms in total. The van der Waals surface area contributed by atoms with Crippen LogP contribution in [0.2, 0.25) is 0 Å². The Morgan fingerprint density at radius 1 is 0.875 bits per heavy atom. The van der Waals surface area contributed by atoms with E-state index in [0.717, 1.165) is 0 Å². The van der Waals surface area contributed by atoms with Gasteiger partial charge in [0.15, 0.2) is 6.04 Å². The fourth-order valence-electron chi connectivity index (χ4n) is 2.48. The number of quaternary nitrogens is 1. The number of nitrogens with two attached hydrogens (primary N) is 1. The summed E-state index contributed by atoms with van der Waals surface area (Å²) in [6.45, 7) is 5.43. The number of benzene rings is 2. The summed E-state index contributed by atoms with van der Waals surface area (Å²) in [5.74, 6) is -0.171. The highest BCUT2D eigenvalue weighted by molar-refractivity contribution is 5.94. The Balaban J connectivity index is 1.90. The predicted octanol–water partition coefficient (Wildman–Crippen LogP) is 2.30. The first-order valence-electron chi connectivity index (χ1n) is 8.04. The molecule has 126 valence electrons. The smallest absolute Gasteiger partial charge is 0.282 e. The van der Waals surface area contributed by atoms with E-state index in [1.165, 1.54) is 12.5 Å². The van der Waals surface area contributed by atoms with Gasteiger partial charge in [0.25, 0.3) is 5.91 Å². The molecule has 0 saturated heterocycles. The maximum Gasteiger partial charge on any atom is 0.282 e. The van der Waals surface area contributed by atoms with E-state index in [9.17, 15) is 9.59 Å². The second-order valence-corrected chi connectivity index (χ2v) is 5.93. The number of hydrogen-bond donors (Lipinski definition) is 3. The van der Waals surface area contributed by atoms with Gasteiger partial charge in [0, 0.05) is 23.9 Å². The van der Waals surface area contributed by atoms with Crippen molar-refractivity contribution in [2.24, 2.45) is 0 Å². The molecule has 0 bridgehead atoms. The Morgan fingerprint density at radius 2 is 1.42 bits per heavy atom. The van der Waals surface area contributed by atoms with Crippen LogP contribution in [0.15, 0.2) is 54.6 Å². The summed E-state index contributed by atoms with van der Waals surface area (Å²) in [7, 11) is 0. The summed E-state index contributed by atoms with van der Waals surface area (Å²) in [5.41, 5.74) is 2.61. The number of hydrogen-bond acceptors (Lipinski definition) is 2. The average molecular weight is 326 g/mol. The lowest BCUT2D eigenvalue weighted by molar-refractivity contribution is -0.709. The molecule has 0 aliphatic rings. The third-order valence-electron chi connectivity index (χ3n) is 3.79. The van der Waals surface area contributed by atoms with E-state index in [4.69, 9.17) is 0 Å². The third-order valence-corrected chi connectivity index (χ3v) is 3.79. The van der Waals surface area contributed by atoms with Crippen molar-refractivity contribution < 1.29 is 14.9 Å². The molecule has 2 rings (SSSR count). The van der Waals surface area contributed by atoms with Crippen molar-refractivity contribution in [1.82, 2.24) is 0 Å². The first-order valence-corrected chi connectivity index (χ1v) is 8.04. The van der Waals surface area contributed by atoms with Crippen molar-refractivity contribution in [3.63, 3.8) is 0 Å². The van der Waals surface area contributed by atoms with Crippen LogP contribution in [0.3, 0.4) is 0 Å². The Morgan fingerprint density at radius 3 is 1.96 bits per heavy atom. The lowest BCUT2D eigenvalue weighted by atomic mass is 10.1. The van der Waals surface area contributed by atoms with Gasteiger partial charge in [-0.3, -0.25) is 9.59 Å². The van der Waals surface area contributed by atoms with Gasteiger partial charge in [-0.15, -0.1) is 0 Å². The van der Waals surface area contributed by atoms with Gasteiger partial charge in [0.1, 0.15) is 6.04 Å². The van der Waals surface area contributed by atoms with Crippen LogP contribution in [0, 0.1) is 0 Å². The van der Waals surface area contributed by atoms with Crippen LogP contribution >= 0.6 is 0 Å². The van der Waals surface area contributed by atoms with E-state index in [1.807, 2.05) is 30.4 Å². The van der Waals surface area contributed by atoms with Gasteiger partial charge in [-0.2, -0.15) is 0 Å². The summed E-state index contributed by atoms with van der Waals surface area (Å²) in [6, 6.07) is 17.2. The number of nitrogens with one attached hydrogen (secondary N) is 2. The first-order chi connectivity index (χ1) is 11.5. The Kier molecular flexibility index (Phi) is 6.09. The molecule has 0 spiro atoms. The minimum Gasteiger partial charge on any atom is -0.330 e. The molecule has 2 aromatic rings. The molecule has 2 amide bonds. The number of carbonyl (C=O) groups is 2. The number of rotatable bonds is 6. The van der Waals surface area contributed by atoms with Crippen molar-refractivity contribution in [1.29, 1.82) is 0 Å². The highest BCUT2D eigenvalue weighted by Crippen LogP contribution is 2.13. The SMILES string of the molecule is CC(=O)Nc1ccc(NC(=O)[C@@H](C)[NH2+][C@@H](C)c2ccccc2)cc1. The fraction of sp³-hybridized carbons (Fsp3) is 0.263. The van der Waals surface area contributed by atoms with E-state index < -0.39 is 0 Å². The molecule has 24 heavy (non-hydrogen) atoms. The van der Waals surface area contributed by atoms with E-state index in [2.05, 4.69) is 29.7 Å². The topological polar surface area (TPSA) is 74.8 Å². The Hall–Kier alpha value is -2.66. The molecule has 0 fully saturated rings. The van der Waals surface area contributed by atoms with Crippen molar-refractivity contribution in [2.45, 2.75) is 32.9 Å². The second kappa shape index (κ2) is 8.26. The van der Waals surface area contributed by atoms with Gasteiger partial charge in [-0.05, 0) is 38.1 Å². The molecule has 0 aliphatic carbocycles. The molecule has 0 heterocycles. The van der Waals surface area contributed by atoms with Crippen LogP contribution < -0.4 is 16.0 Å². The Labute approximate surface area is 142 Å². The van der Waals surface area contributed by atoms with Crippen LogP contribution in [-0.4, -0.2) is 17.9 Å². The van der Waals surface area contributed by atoms with Crippen LogP contribution in [0.25, 0.3) is 0 Å². The molecule has 4 N–H and O–H groups in total. The molecule has 0 unspecified atom stereocenters. The van der Waals surface area contributed by atoms with Gasteiger partial charge in [-0.1, -0.05) is 30.3 Å². The molecule has 2 atom stereocenters. The van der Waals surface area contributed by atoms with Gasteiger partial charge in [0.2, 0.25) is 5.91 Å². The lowest BCUT2D eigenvalue weighted by Gasteiger charge is -2.17. The number of carbonyl (C=O) groups excluding carboxylic acids is 2. The minimum absolute atomic E-state index is 0.0509. The third kappa shape index (κ3) is 5.21. The van der Waals surface area contributed by atoms with Crippen molar-refractivity contribution in [3.05, 3.63) is 60.2 Å². The fourth-order valence-corrected chi connectivity index (χ4v) is 2.48. The number of amides is 2. The average Bonchev–Trinajstić information content (AvgIpc) is 2.56. The standard InChI is InChI=1S/C19H23N3O2/c1-13(16-7-5-4-6-8-16)20-14(2)19(24)22-18-11-9-17(10-12-18)21-15(3)23/h4-14,20H,1-3H3,(H,21,23)(H,22,24)/p+1/t13-,14+/m0/s1. The second-order valence-electron chi connectivity index (χ2n) is 5.93. The molecule has 5 heteroatoms. The summed E-state index contributed by atoms with van der Waals surface area (Å²) >= 11 is 0. The van der Waals surface area contributed by atoms with Crippen LogP contribution in [0.5, 0.6) is 0 Å². The maximum absolute atomic E-state index is 12.3. The molecular formula is C19H24N3O2+. The molecule has 0 aliphatic heterocycles. The highest BCUT2D eigenvalue weighted by Gasteiger charge is 2.20. The van der Waals surface area contributed by atoms with Gasteiger partial charge >= 0.3 is 0 Å². The molecular weight excluding hydrogens is 302 g/mol. The van der Waals surface area contributed by atoms with Gasteiger partial charge in [-0.25, -0.2) is 0 Å². The zero-order chi connectivity index (χ0) is 17.5. The van der Waals surface area contributed by atoms with Crippen LogP contribution in [0.4, 0.5) is 11.4 Å². The molecule has 0 aromatic heterocycles. The maximum atomic E-state index is 12.3. The summed E-state index contributed by atoms with van der Waals surface area (Å²) in [4.78, 5) is 23.3. The van der Waals surface area contributed by atoms with Gasteiger partial charge in [0.05, 0.1) is 0 Å². The van der Waals surface area contributed by atoms with E-state index >= 15 is 0 Å². The monoisotopic (exact) mass is 326 g/mol. The predicted molar refractivity (Wildman–Crippen MR) is 95.6 cm³/mol. The summed E-state index contributed by atoms with van der Waals surface area (Å²) in [6.07, 6.45) is 0. The molecule has 0 saturated carbocycles. The molecule has 2 aromatic carbocycles. The lowest BCUT2D eigenvalue weighted by Crippen LogP contribution is -2.91. The van der Waals surface area contributed by atoms with E-state index in [0.29, 0.717) is 11.4 Å². The number of anilines is 2. The molecule has 0 radical (unpaired) electrons. The van der Waals surface area contributed by atoms with Crippen molar-refractivity contribution >= 4 is 23.2 Å². The normalized spacial score (nSPS) is 13.0. The van der Waals surface area contributed by atoms with Crippen LogP contribution in [0.1, 0.15) is 32.4 Å². The zero-order valence-corrected chi connectivity index (χ0v) is 14.2. The zero-order valence-electron chi connectivity index (χ0n) is 14.2. The Bertz CT molecular complexity index is 684. The van der Waals surface area contributed by atoms with Gasteiger partial charge < -0.3 is 16.0 Å². The largest absolute Gasteiger partial charge is 0.330 e. The quantitative estimate of drug-likeness (QED) is 0.762. The summed E-state index contributed by atoms with van der Waals surface area (Å²) < 4.78 is 0. The van der Waals surface area contributed by atoms with E-state index in [-0.39, 0.29) is 23.9 Å². The highest BCUT2D eigenvalue weighted by atomic mass is 16.2. The van der Waals surface area contributed by atoms with Crippen LogP contribution in [-0.2, 0) is 9.59 Å². The van der Waals surface area contributed by atoms with E-state index in [1.54, 1.807) is 24.3 Å². The minimum atomic E-state index is -0.213.